The number of ether oxygens (including phenoxy) is 1. The van der Waals surface area contributed by atoms with E-state index in [4.69, 9.17) is 16.3 Å². The molecule has 0 fully saturated rings. The number of rotatable bonds is 4. The summed E-state index contributed by atoms with van der Waals surface area (Å²) in [6.07, 6.45) is 0. The molecule has 0 spiro atoms. The molecule has 3 aromatic rings. The van der Waals surface area contributed by atoms with Crippen molar-refractivity contribution in [1.82, 2.24) is 9.55 Å². The van der Waals surface area contributed by atoms with Gasteiger partial charge in [0.2, 0.25) is 0 Å². The molecule has 0 bridgehead atoms. The number of alkyl halides is 1. The van der Waals surface area contributed by atoms with Crippen molar-refractivity contribution in [3.05, 3.63) is 54.1 Å². The lowest BCUT2D eigenvalue weighted by Gasteiger charge is -2.09. The highest BCUT2D eigenvalue weighted by atomic mass is 35.5. The Balaban J connectivity index is 2.13. The maximum absolute atomic E-state index is 13.3. The van der Waals surface area contributed by atoms with Crippen molar-refractivity contribution in [2.24, 2.45) is 0 Å². The highest BCUT2D eigenvalue weighted by molar-refractivity contribution is 6.17. The van der Waals surface area contributed by atoms with Gasteiger partial charge in [0.15, 0.2) is 0 Å². The first-order valence-electron chi connectivity index (χ1n) is 6.69. The van der Waals surface area contributed by atoms with Crippen molar-refractivity contribution in [1.29, 1.82) is 0 Å². The minimum atomic E-state index is -0.306. The third-order valence-corrected chi connectivity index (χ3v) is 3.45. The van der Waals surface area contributed by atoms with Crippen LogP contribution < -0.4 is 4.74 Å². The third-order valence-electron chi connectivity index (χ3n) is 3.21. The fraction of sp³-hybridized carbons (Fsp3) is 0.188. The zero-order chi connectivity index (χ0) is 14.8. The number of fused-ring (bicyclic) bond motifs is 1. The molecule has 0 unspecified atom stereocenters. The summed E-state index contributed by atoms with van der Waals surface area (Å²) in [5.74, 6) is 1.44. The van der Waals surface area contributed by atoms with Gasteiger partial charge in [0.1, 0.15) is 17.4 Å². The quantitative estimate of drug-likeness (QED) is 0.672. The first-order chi connectivity index (χ1) is 10.2. The van der Waals surface area contributed by atoms with Gasteiger partial charge in [-0.2, -0.15) is 0 Å². The molecule has 3 nitrogen and oxygen atoms in total. The molecule has 0 amide bonds. The van der Waals surface area contributed by atoms with Gasteiger partial charge in [-0.05, 0) is 43.3 Å². The van der Waals surface area contributed by atoms with Crippen LogP contribution in [0.1, 0.15) is 12.7 Å². The molecule has 5 heteroatoms. The Labute approximate surface area is 126 Å². The van der Waals surface area contributed by atoms with Crippen molar-refractivity contribution in [2.75, 3.05) is 6.61 Å². The van der Waals surface area contributed by atoms with E-state index in [1.165, 1.54) is 12.1 Å². The molecule has 0 atom stereocenters. The summed E-state index contributed by atoms with van der Waals surface area (Å²) >= 11 is 5.97. The molecule has 1 heterocycles. The van der Waals surface area contributed by atoms with Crippen LogP contribution in [0, 0.1) is 5.82 Å². The molecule has 2 aromatic carbocycles. The molecule has 108 valence electrons. The van der Waals surface area contributed by atoms with E-state index >= 15 is 0 Å². The summed E-state index contributed by atoms with van der Waals surface area (Å²) in [6.45, 7) is 2.57. The smallest absolute Gasteiger partial charge is 0.129 e. The Hall–Kier alpha value is -2.07. The second-order valence-corrected chi connectivity index (χ2v) is 4.82. The van der Waals surface area contributed by atoms with Crippen LogP contribution in [0.25, 0.3) is 16.7 Å². The summed E-state index contributed by atoms with van der Waals surface area (Å²) in [5, 5.41) is 0. The van der Waals surface area contributed by atoms with E-state index in [1.807, 2.05) is 35.8 Å². The first kappa shape index (κ1) is 13.9. The Morgan fingerprint density at radius 1 is 1.19 bits per heavy atom. The lowest BCUT2D eigenvalue weighted by atomic mass is 10.2. The lowest BCUT2D eigenvalue weighted by molar-refractivity contribution is 0.340. The van der Waals surface area contributed by atoms with Crippen LogP contribution in [0.2, 0.25) is 0 Å². The predicted molar refractivity (Wildman–Crippen MR) is 81.8 cm³/mol. The first-order valence-corrected chi connectivity index (χ1v) is 7.22. The number of benzene rings is 2. The molecule has 0 aliphatic rings. The van der Waals surface area contributed by atoms with E-state index in [0.29, 0.717) is 17.9 Å². The van der Waals surface area contributed by atoms with Crippen molar-refractivity contribution >= 4 is 22.6 Å². The SMILES string of the molecule is CCOc1ccc(-n2c(CCl)nc3cc(F)ccc32)cc1. The Kier molecular flexibility index (Phi) is 3.80. The van der Waals surface area contributed by atoms with Crippen molar-refractivity contribution in [3.63, 3.8) is 0 Å². The van der Waals surface area contributed by atoms with Crippen LogP contribution in [-0.4, -0.2) is 16.2 Å². The maximum Gasteiger partial charge on any atom is 0.129 e. The fourth-order valence-electron chi connectivity index (χ4n) is 2.34. The van der Waals surface area contributed by atoms with Crippen molar-refractivity contribution in [3.8, 4) is 11.4 Å². The number of hydrogen-bond acceptors (Lipinski definition) is 2. The second kappa shape index (κ2) is 5.74. The average molecular weight is 305 g/mol. The molecule has 0 aliphatic heterocycles. The zero-order valence-corrected chi connectivity index (χ0v) is 12.3. The van der Waals surface area contributed by atoms with E-state index in [-0.39, 0.29) is 11.7 Å². The van der Waals surface area contributed by atoms with Gasteiger partial charge >= 0.3 is 0 Å². The van der Waals surface area contributed by atoms with E-state index in [0.717, 1.165) is 17.0 Å². The van der Waals surface area contributed by atoms with Crippen LogP contribution in [0.4, 0.5) is 4.39 Å². The minimum Gasteiger partial charge on any atom is -0.494 e. The fourth-order valence-corrected chi connectivity index (χ4v) is 2.52. The van der Waals surface area contributed by atoms with Gasteiger partial charge in [-0.3, -0.25) is 4.57 Å². The van der Waals surface area contributed by atoms with Gasteiger partial charge in [-0.15, -0.1) is 11.6 Å². The van der Waals surface area contributed by atoms with E-state index in [9.17, 15) is 4.39 Å². The van der Waals surface area contributed by atoms with Crippen LogP contribution in [-0.2, 0) is 5.88 Å². The number of hydrogen-bond donors (Lipinski definition) is 0. The van der Waals surface area contributed by atoms with E-state index in [2.05, 4.69) is 4.98 Å². The predicted octanol–water partition coefficient (Wildman–Crippen LogP) is 4.30. The summed E-state index contributed by atoms with van der Waals surface area (Å²) in [7, 11) is 0. The van der Waals surface area contributed by atoms with Gasteiger partial charge in [-0.25, -0.2) is 9.37 Å². The highest BCUT2D eigenvalue weighted by Gasteiger charge is 2.12. The van der Waals surface area contributed by atoms with Crippen LogP contribution in [0.15, 0.2) is 42.5 Å². The molecule has 0 saturated heterocycles. The normalized spacial score (nSPS) is 11.0. The second-order valence-electron chi connectivity index (χ2n) is 4.56. The topological polar surface area (TPSA) is 27.1 Å². The molecule has 0 saturated carbocycles. The molecule has 1 aromatic heterocycles. The number of aromatic nitrogens is 2. The number of nitrogens with zero attached hydrogens (tertiary/aromatic N) is 2. The van der Waals surface area contributed by atoms with Crippen molar-refractivity contribution in [2.45, 2.75) is 12.8 Å². The maximum atomic E-state index is 13.3. The molecule has 3 rings (SSSR count). The number of imidazole rings is 1. The van der Waals surface area contributed by atoms with Gasteiger partial charge in [0.05, 0.1) is 23.5 Å². The van der Waals surface area contributed by atoms with Crippen molar-refractivity contribution < 1.29 is 9.13 Å². The third kappa shape index (κ3) is 2.59. The lowest BCUT2D eigenvalue weighted by Crippen LogP contribution is -1.99. The number of halogens is 2. The summed E-state index contributed by atoms with van der Waals surface area (Å²) in [4.78, 5) is 4.39. The van der Waals surface area contributed by atoms with E-state index < -0.39 is 0 Å². The molecule has 0 N–H and O–H groups in total. The molecule has 21 heavy (non-hydrogen) atoms. The molecular weight excluding hydrogens is 291 g/mol. The minimum absolute atomic E-state index is 0.253. The largest absolute Gasteiger partial charge is 0.494 e. The van der Waals surface area contributed by atoms with Gasteiger partial charge in [-0.1, -0.05) is 0 Å². The Morgan fingerprint density at radius 2 is 1.95 bits per heavy atom. The zero-order valence-electron chi connectivity index (χ0n) is 11.5. The van der Waals surface area contributed by atoms with Gasteiger partial charge in [0.25, 0.3) is 0 Å². The Morgan fingerprint density at radius 3 is 2.62 bits per heavy atom. The Bertz CT molecular complexity index is 768. The monoisotopic (exact) mass is 304 g/mol. The summed E-state index contributed by atoms with van der Waals surface area (Å²) < 4.78 is 20.7. The van der Waals surface area contributed by atoms with Crippen LogP contribution in [0.3, 0.4) is 0 Å². The van der Waals surface area contributed by atoms with Crippen LogP contribution in [0.5, 0.6) is 5.75 Å². The summed E-state index contributed by atoms with van der Waals surface area (Å²) in [5.41, 5.74) is 2.35. The molecule has 0 radical (unpaired) electrons. The molecular formula is C16H14ClFN2O. The van der Waals surface area contributed by atoms with Gasteiger partial charge in [0, 0.05) is 11.8 Å². The average Bonchev–Trinajstić information content (AvgIpc) is 2.86. The van der Waals surface area contributed by atoms with Crippen LogP contribution >= 0.6 is 11.6 Å². The summed E-state index contributed by atoms with van der Waals surface area (Å²) in [6, 6.07) is 12.2. The highest BCUT2D eigenvalue weighted by Crippen LogP contribution is 2.24. The van der Waals surface area contributed by atoms with E-state index in [1.54, 1.807) is 6.07 Å². The molecule has 0 aliphatic carbocycles. The van der Waals surface area contributed by atoms with Gasteiger partial charge < -0.3 is 4.74 Å². The standard InChI is InChI=1S/C16H14ClFN2O/c1-2-21-13-6-4-12(5-7-13)20-15-8-3-11(18)9-14(15)19-16(20)10-17/h3-9H,2,10H2,1H3.